The van der Waals surface area contributed by atoms with Gasteiger partial charge in [-0.25, -0.2) is 4.39 Å². The zero-order valence-electron chi connectivity index (χ0n) is 10.0. The lowest BCUT2D eigenvalue weighted by Crippen LogP contribution is -2.06. The normalized spacial score (nSPS) is 12.4. The lowest BCUT2D eigenvalue weighted by Gasteiger charge is -2.17. The van der Waals surface area contributed by atoms with Gasteiger partial charge in [0.1, 0.15) is 5.82 Å². The summed E-state index contributed by atoms with van der Waals surface area (Å²) in [6.07, 6.45) is 0.771. The van der Waals surface area contributed by atoms with E-state index in [0.717, 1.165) is 20.9 Å². The highest BCUT2D eigenvalue weighted by molar-refractivity contribution is 9.10. The summed E-state index contributed by atoms with van der Waals surface area (Å²) in [5, 5.41) is 0. The van der Waals surface area contributed by atoms with Gasteiger partial charge in [-0.3, -0.25) is 0 Å². The summed E-state index contributed by atoms with van der Waals surface area (Å²) in [7, 11) is 0. The summed E-state index contributed by atoms with van der Waals surface area (Å²) >= 11 is 13.0. The Balaban J connectivity index is 2.27. The molecule has 19 heavy (non-hydrogen) atoms. The van der Waals surface area contributed by atoms with E-state index in [0.29, 0.717) is 5.88 Å². The summed E-state index contributed by atoms with van der Waals surface area (Å²) in [4.78, 5) is 0. The molecule has 2 aromatic carbocycles. The maximum Gasteiger partial charge on any atom is 0.124 e. The van der Waals surface area contributed by atoms with Crippen molar-refractivity contribution in [1.82, 2.24) is 0 Å². The van der Waals surface area contributed by atoms with Gasteiger partial charge in [-0.05, 0) is 35.7 Å². The van der Waals surface area contributed by atoms with Crippen molar-refractivity contribution >= 4 is 43.5 Å². The number of halogens is 4. The molecule has 0 N–H and O–H groups in total. The molecule has 4 heteroatoms. The molecule has 0 amide bonds. The molecule has 0 aromatic heterocycles. The third-order valence-electron chi connectivity index (χ3n) is 3.01. The van der Waals surface area contributed by atoms with E-state index in [1.54, 1.807) is 6.07 Å². The molecule has 1 atom stereocenters. The van der Waals surface area contributed by atoms with E-state index in [4.69, 9.17) is 11.6 Å². The zero-order chi connectivity index (χ0) is 13.8. The Morgan fingerprint density at radius 2 is 1.79 bits per heavy atom. The van der Waals surface area contributed by atoms with Crippen LogP contribution in [0.15, 0.2) is 51.4 Å². The van der Waals surface area contributed by atoms with Crippen molar-refractivity contribution in [3.05, 3.63) is 68.4 Å². The summed E-state index contributed by atoms with van der Waals surface area (Å²) in [5.74, 6) is 0.477. The van der Waals surface area contributed by atoms with Gasteiger partial charge in [0.15, 0.2) is 0 Å². The molecule has 0 spiro atoms. The maximum absolute atomic E-state index is 13.1. The third kappa shape index (κ3) is 3.80. The van der Waals surface area contributed by atoms with Gasteiger partial charge in [0.2, 0.25) is 0 Å². The van der Waals surface area contributed by atoms with E-state index in [1.165, 1.54) is 17.7 Å². The standard InChI is InChI=1S/C15H12Br2ClF/c16-14-4-2-1-3-13(14)11(9-18)7-10-5-6-12(19)8-15(10)17/h1-6,8,11H,7,9H2. The first-order valence-electron chi connectivity index (χ1n) is 5.86. The van der Waals surface area contributed by atoms with Crippen LogP contribution in [0.5, 0.6) is 0 Å². The number of benzene rings is 2. The summed E-state index contributed by atoms with van der Waals surface area (Å²) in [5.41, 5.74) is 2.23. The quantitative estimate of drug-likeness (QED) is 0.553. The molecule has 1 unspecified atom stereocenters. The smallest absolute Gasteiger partial charge is 0.124 e. The van der Waals surface area contributed by atoms with Gasteiger partial charge >= 0.3 is 0 Å². The molecule has 0 aliphatic heterocycles. The molecule has 2 rings (SSSR count). The van der Waals surface area contributed by atoms with Crippen LogP contribution in [0.3, 0.4) is 0 Å². The molecule has 0 saturated carbocycles. The lowest BCUT2D eigenvalue weighted by molar-refractivity contribution is 0.625. The Hall–Kier alpha value is -0.380. The van der Waals surface area contributed by atoms with E-state index < -0.39 is 0 Å². The van der Waals surface area contributed by atoms with Crippen molar-refractivity contribution in [2.45, 2.75) is 12.3 Å². The first-order valence-corrected chi connectivity index (χ1v) is 7.98. The molecule has 0 aliphatic rings. The van der Waals surface area contributed by atoms with Gasteiger partial charge in [0.25, 0.3) is 0 Å². The van der Waals surface area contributed by atoms with Crippen LogP contribution in [0.4, 0.5) is 4.39 Å². The third-order valence-corrected chi connectivity index (χ3v) is 4.85. The van der Waals surface area contributed by atoms with Crippen LogP contribution < -0.4 is 0 Å². The molecule has 0 bridgehead atoms. The Morgan fingerprint density at radius 3 is 2.42 bits per heavy atom. The molecular formula is C15H12Br2ClF. The summed E-state index contributed by atoms with van der Waals surface area (Å²) in [6.45, 7) is 0. The predicted molar refractivity (Wildman–Crippen MR) is 85.4 cm³/mol. The SMILES string of the molecule is Fc1ccc(CC(CCl)c2ccccc2Br)c(Br)c1. The van der Waals surface area contributed by atoms with Crippen LogP contribution in [0, 0.1) is 5.82 Å². The molecule has 0 nitrogen and oxygen atoms in total. The number of alkyl halides is 1. The summed E-state index contributed by atoms with van der Waals surface area (Å²) in [6, 6.07) is 12.8. The van der Waals surface area contributed by atoms with E-state index in [1.807, 2.05) is 18.2 Å². The predicted octanol–water partition coefficient (Wildman–Crippen LogP) is 5.92. The molecule has 0 saturated heterocycles. The Labute approximate surface area is 134 Å². The topological polar surface area (TPSA) is 0 Å². The number of rotatable bonds is 4. The second kappa shape index (κ2) is 6.87. The minimum atomic E-state index is -0.237. The Morgan fingerprint density at radius 1 is 1.05 bits per heavy atom. The van der Waals surface area contributed by atoms with Gasteiger partial charge in [0, 0.05) is 20.7 Å². The average molecular weight is 407 g/mol. The maximum atomic E-state index is 13.1. The molecule has 2 aromatic rings. The van der Waals surface area contributed by atoms with Crippen LogP contribution in [0.2, 0.25) is 0 Å². The Kier molecular flexibility index (Phi) is 5.43. The number of hydrogen-bond donors (Lipinski definition) is 0. The van der Waals surface area contributed by atoms with Crippen molar-refractivity contribution < 1.29 is 4.39 Å². The second-order valence-electron chi connectivity index (χ2n) is 4.31. The minimum absolute atomic E-state index is 0.194. The van der Waals surface area contributed by atoms with Crippen molar-refractivity contribution in [2.75, 3.05) is 5.88 Å². The fourth-order valence-corrected chi connectivity index (χ4v) is 3.40. The van der Waals surface area contributed by atoms with Crippen LogP contribution in [-0.2, 0) is 6.42 Å². The molecular weight excluding hydrogens is 394 g/mol. The minimum Gasteiger partial charge on any atom is -0.207 e. The molecule has 0 aliphatic carbocycles. The van der Waals surface area contributed by atoms with Crippen LogP contribution >= 0.6 is 43.5 Å². The highest BCUT2D eigenvalue weighted by Crippen LogP contribution is 2.31. The van der Waals surface area contributed by atoms with Crippen LogP contribution in [-0.4, -0.2) is 5.88 Å². The van der Waals surface area contributed by atoms with E-state index in [2.05, 4.69) is 37.9 Å². The van der Waals surface area contributed by atoms with E-state index in [-0.39, 0.29) is 11.7 Å². The molecule has 0 fully saturated rings. The van der Waals surface area contributed by atoms with Gasteiger partial charge in [-0.15, -0.1) is 11.6 Å². The molecule has 100 valence electrons. The van der Waals surface area contributed by atoms with Crippen LogP contribution in [0.1, 0.15) is 17.0 Å². The fraction of sp³-hybridized carbons (Fsp3) is 0.200. The molecule has 0 heterocycles. The van der Waals surface area contributed by atoms with Crippen LogP contribution in [0.25, 0.3) is 0 Å². The lowest BCUT2D eigenvalue weighted by atomic mass is 9.93. The monoisotopic (exact) mass is 404 g/mol. The van der Waals surface area contributed by atoms with Crippen molar-refractivity contribution in [1.29, 1.82) is 0 Å². The van der Waals surface area contributed by atoms with Crippen molar-refractivity contribution in [3.63, 3.8) is 0 Å². The first-order chi connectivity index (χ1) is 9.11. The van der Waals surface area contributed by atoms with Gasteiger partial charge in [-0.1, -0.05) is 56.1 Å². The zero-order valence-corrected chi connectivity index (χ0v) is 14.0. The highest BCUT2D eigenvalue weighted by atomic mass is 79.9. The van der Waals surface area contributed by atoms with E-state index in [9.17, 15) is 4.39 Å². The van der Waals surface area contributed by atoms with Gasteiger partial charge in [-0.2, -0.15) is 0 Å². The number of hydrogen-bond acceptors (Lipinski definition) is 0. The summed E-state index contributed by atoms with van der Waals surface area (Å²) < 4.78 is 14.9. The van der Waals surface area contributed by atoms with Crippen molar-refractivity contribution in [3.8, 4) is 0 Å². The Bertz CT molecular complexity index is 572. The van der Waals surface area contributed by atoms with Crippen molar-refractivity contribution in [2.24, 2.45) is 0 Å². The van der Waals surface area contributed by atoms with Gasteiger partial charge < -0.3 is 0 Å². The average Bonchev–Trinajstić information content (AvgIpc) is 2.39. The fourth-order valence-electron chi connectivity index (χ4n) is 2.01. The second-order valence-corrected chi connectivity index (χ2v) is 6.33. The molecule has 0 radical (unpaired) electrons. The highest BCUT2D eigenvalue weighted by Gasteiger charge is 2.15. The first kappa shape index (κ1) is 15.0. The van der Waals surface area contributed by atoms with E-state index >= 15 is 0 Å². The largest absolute Gasteiger partial charge is 0.207 e. The van der Waals surface area contributed by atoms with Gasteiger partial charge in [0.05, 0.1) is 0 Å².